The lowest BCUT2D eigenvalue weighted by Gasteiger charge is -2.17. The van der Waals surface area contributed by atoms with Gasteiger partial charge in [0.2, 0.25) is 0 Å². The second-order valence-corrected chi connectivity index (χ2v) is 4.08. The van der Waals surface area contributed by atoms with Crippen LogP contribution in [0.5, 0.6) is 0 Å². The van der Waals surface area contributed by atoms with Gasteiger partial charge in [-0.15, -0.1) is 0 Å². The number of piperidine rings is 1. The Bertz CT molecular complexity index is 193. The summed E-state index contributed by atoms with van der Waals surface area (Å²) in [6.07, 6.45) is 0.942. The molecule has 0 aromatic rings. The Labute approximate surface area is 60.4 Å². The Kier molecular flexibility index (Phi) is 2.28. The maximum Gasteiger partial charge on any atom is 0.267 e. The number of rotatable bonds is 1. The summed E-state index contributed by atoms with van der Waals surface area (Å²) in [5, 5.41) is 3.40. The van der Waals surface area contributed by atoms with E-state index in [0.29, 0.717) is 25.9 Å². The van der Waals surface area contributed by atoms with Crippen LogP contribution < -0.4 is 5.32 Å². The van der Waals surface area contributed by atoms with Crippen LogP contribution in [0, 0.1) is 0 Å². The molecular formula is C5H10NO3S. The predicted octanol–water partition coefficient (Wildman–Crippen LogP) is -0.359. The minimum Gasteiger partial charge on any atom is -0.285 e. The molecule has 1 aliphatic rings. The number of nitrogens with zero attached hydrogens (tertiary/aromatic N) is 1. The Morgan fingerprint density at radius 3 is 2.10 bits per heavy atom. The molecule has 0 spiro atoms. The van der Waals surface area contributed by atoms with E-state index in [1.54, 1.807) is 0 Å². The lowest BCUT2D eigenvalue weighted by atomic mass is 10.2. The molecule has 0 unspecified atom stereocenters. The van der Waals surface area contributed by atoms with Crippen molar-refractivity contribution in [2.45, 2.75) is 18.1 Å². The van der Waals surface area contributed by atoms with Crippen molar-refractivity contribution in [1.29, 1.82) is 0 Å². The zero-order valence-corrected chi connectivity index (χ0v) is 6.34. The van der Waals surface area contributed by atoms with Crippen LogP contribution in [0.4, 0.5) is 0 Å². The molecule has 1 aliphatic heterocycles. The maximum atomic E-state index is 10.5. The lowest BCUT2D eigenvalue weighted by Crippen LogP contribution is -2.31. The highest BCUT2D eigenvalue weighted by Crippen LogP contribution is 2.11. The normalized spacial score (nSPS) is 22.9. The highest BCUT2D eigenvalue weighted by Gasteiger charge is 2.24. The average Bonchev–Trinajstić information content (AvgIpc) is 1.88. The first kappa shape index (κ1) is 7.97. The third kappa shape index (κ3) is 1.93. The standard InChI is InChI=1S/C5H10NO3S/c7-10(8,9)5-1-3-6-4-2-5/h5H,1-4H2,(H,7,8,9). The van der Waals surface area contributed by atoms with Gasteiger partial charge in [0, 0.05) is 13.1 Å². The molecule has 5 heteroatoms. The number of hydrogen-bond donors (Lipinski definition) is 1. The SMILES string of the molecule is O=S(=O)(O)C1CC[N]CC1. The second kappa shape index (κ2) is 2.86. The summed E-state index contributed by atoms with van der Waals surface area (Å²) in [4.78, 5) is 0. The van der Waals surface area contributed by atoms with E-state index in [9.17, 15) is 8.42 Å². The van der Waals surface area contributed by atoms with E-state index >= 15 is 0 Å². The summed E-state index contributed by atoms with van der Waals surface area (Å²) in [5.74, 6) is 0. The van der Waals surface area contributed by atoms with Gasteiger partial charge < -0.3 is 0 Å². The van der Waals surface area contributed by atoms with Gasteiger partial charge in [-0.05, 0) is 12.8 Å². The van der Waals surface area contributed by atoms with Gasteiger partial charge >= 0.3 is 0 Å². The van der Waals surface area contributed by atoms with E-state index in [4.69, 9.17) is 4.55 Å². The molecule has 0 atom stereocenters. The molecule has 1 N–H and O–H groups in total. The third-order valence-corrected chi connectivity index (χ3v) is 2.95. The van der Waals surface area contributed by atoms with Crippen LogP contribution in [-0.4, -0.2) is 31.3 Å². The average molecular weight is 164 g/mol. The molecule has 4 nitrogen and oxygen atoms in total. The number of hydrogen-bond acceptors (Lipinski definition) is 2. The Balaban J connectivity index is 2.56. The Hall–Kier alpha value is -0.130. The van der Waals surface area contributed by atoms with Crippen LogP contribution in [0.1, 0.15) is 12.8 Å². The van der Waals surface area contributed by atoms with Crippen LogP contribution in [0.25, 0.3) is 0 Å². The monoisotopic (exact) mass is 164 g/mol. The van der Waals surface area contributed by atoms with Gasteiger partial charge in [0.15, 0.2) is 0 Å². The first-order valence-electron chi connectivity index (χ1n) is 3.20. The van der Waals surface area contributed by atoms with E-state index in [0.717, 1.165) is 0 Å². The minimum atomic E-state index is -3.79. The van der Waals surface area contributed by atoms with E-state index < -0.39 is 15.4 Å². The Morgan fingerprint density at radius 2 is 1.80 bits per heavy atom. The topological polar surface area (TPSA) is 68.5 Å². The molecule has 59 valence electrons. The fraction of sp³-hybridized carbons (Fsp3) is 1.00. The molecule has 0 saturated carbocycles. The van der Waals surface area contributed by atoms with Gasteiger partial charge in [0.1, 0.15) is 0 Å². The molecule has 1 rings (SSSR count). The first-order valence-corrected chi connectivity index (χ1v) is 4.70. The van der Waals surface area contributed by atoms with Gasteiger partial charge in [0.25, 0.3) is 10.1 Å². The smallest absolute Gasteiger partial charge is 0.267 e. The van der Waals surface area contributed by atoms with E-state index in [-0.39, 0.29) is 0 Å². The summed E-state index contributed by atoms with van der Waals surface area (Å²) in [5.41, 5.74) is 0. The van der Waals surface area contributed by atoms with Crippen LogP contribution >= 0.6 is 0 Å². The highest BCUT2D eigenvalue weighted by atomic mass is 32.2. The van der Waals surface area contributed by atoms with Crippen LogP contribution in [0.2, 0.25) is 0 Å². The van der Waals surface area contributed by atoms with Crippen molar-refractivity contribution in [3.63, 3.8) is 0 Å². The zero-order valence-electron chi connectivity index (χ0n) is 5.52. The van der Waals surface area contributed by atoms with Crippen LogP contribution in [0.15, 0.2) is 0 Å². The van der Waals surface area contributed by atoms with Crippen molar-refractivity contribution in [3.05, 3.63) is 0 Å². The quantitative estimate of drug-likeness (QED) is 0.538. The molecule has 0 aromatic carbocycles. The largest absolute Gasteiger partial charge is 0.285 e. The molecule has 1 fully saturated rings. The molecule has 1 radical (unpaired) electrons. The molecule has 0 aliphatic carbocycles. The summed E-state index contributed by atoms with van der Waals surface area (Å²) >= 11 is 0. The predicted molar refractivity (Wildman–Crippen MR) is 36.4 cm³/mol. The summed E-state index contributed by atoms with van der Waals surface area (Å²) < 4.78 is 29.6. The summed E-state index contributed by atoms with van der Waals surface area (Å²) in [6, 6.07) is 0. The highest BCUT2D eigenvalue weighted by molar-refractivity contribution is 7.86. The second-order valence-electron chi connectivity index (χ2n) is 2.39. The fourth-order valence-corrected chi connectivity index (χ4v) is 1.83. The zero-order chi connectivity index (χ0) is 7.61. The van der Waals surface area contributed by atoms with Crippen molar-refractivity contribution in [2.24, 2.45) is 0 Å². The molecule has 1 heterocycles. The molecule has 10 heavy (non-hydrogen) atoms. The van der Waals surface area contributed by atoms with Gasteiger partial charge in [0.05, 0.1) is 5.25 Å². The molecule has 1 saturated heterocycles. The third-order valence-electron chi connectivity index (χ3n) is 1.64. The van der Waals surface area contributed by atoms with Gasteiger partial charge in [-0.25, -0.2) is 5.32 Å². The van der Waals surface area contributed by atoms with Crippen LogP contribution in [-0.2, 0) is 10.1 Å². The van der Waals surface area contributed by atoms with Crippen molar-refractivity contribution < 1.29 is 13.0 Å². The van der Waals surface area contributed by atoms with Crippen molar-refractivity contribution in [1.82, 2.24) is 5.32 Å². The maximum absolute atomic E-state index is 10.5. The first-order chi connectivity index (χ1) is 4.61. The van der Waals surface area contributed by atoms with Crippen molar-refractivity contribution in [2.75, 3.05) is 13.1 Å². The fourth-order valence-electron chi connectivity index (χ4n) is 1.02. The summed E-state index contributed by atoms with van der Waals surface area (Å²) in [7, 11) is -3.79. The molecule has 0 aromatic heterocycles. The van der Waals surface area contributed by atoms with E-state index in [1.165, 1.54) is 0 Å². The van der Waals surface area contributed by atoms with Gasteiger partial charge in [-0.2, -0.15) is 8.42 Å². The van der Waals surface area contributed by atoms with Crippen molar-refractivity contribution >= 4 is 10.1 Å². The van der Waals surface area contributed by atoms with Crippen LogP contribution in [0.3, 0.4) is 0 Å². The van der Waals surface area contributed by atoms with Gasteiger partial charge in [-0.1, -0.05) is 0 Å². The Morgan fingerprint density at radius 1 is 1.30 bits per heavy atom. The minimum absolute atomic E-state index is 0.471. The summed E-state index contributed by atoms with van der Waals surface area (Å²) in [6.45, 7) is 1.12. The van der Waals surface area contributed by atoms with E-state index in [1.807, 2.05) is 0 Å². The lowest BCUT2D eigenvalue weighted by molar-refractivity contribution is 0.430. The van der Waals surface area contributed by atoms with Crippen molar-refractivity contribution in [3.8, 4) is 0 Å². The molecule has 0 amide bonds. The molecule has 0 bridgehead atoms. The molecular weight excluding hydrogens is 154 g/mol. The van der Waals surface area contributed by atoms with Gasteiger partial charge in [-0.3, -0.25) is 4.55 Å². The van der Waals surface area contributed by atoms with E-state index in [2.05, 4.69) is 5.32 Å².